The second-order valence-corrected chi connectivity index (χ2v) is 2.75. The van der Waals surface area contributed by atoms with E-state index in [9.17, 15) is 5.21 Å². The lowest BCUT2D eigenvalue weighted by Crippen LogP contribution is -2.17. The van der Waals surface area contributed by atoms with Gasteiger partial charge in [-0.1, -0.05) is 0 Å². The van der Waals surface area contributed by atoms with Crippen molar-refractivity contribution in [3.05, 3.63) is 30.3 Å². The first-order valence-electron chi connectivity index (χ1n) is 3.95. The number of anilines is 1. The normalized spacial score (nSPS) is 14.1. The van der Waals surface area contributed by atoms with Gasteiger partial charge in [-0.3, -0.25) is 5.21 Å². The molecule has 14 heavy (non-hydrogen) atoms. The molecule has 1 aliphatic heterocycles. The molecule has 0 radical (unpaired) electrons. The second-order valence-electron chi connectivity index (χ2n) is 2.75. The van der Waals surface area contributed by atoms with Crippen molar-refractivity contribution in [1.82, 2.24) is 0 Å². The summed E-state index contributed by atoms with van der Waals surface area (Å²) in [6.45, 7) is 0. The predicted molar refractivity (Wildman–Crippen MR) is 48.6 cm³/mol. The SMILES string of the molecule is COc1ccc2c(c1)OC(O)=CN2O. The molecule has 2 N–H and O–H groups in total. The lowest BCUT2D eigenvalue weighted by molar-refractivity contribution is 0.180. The third-order valence-corrected chi connectivity index (χ3v) is 1.86. The van der Waals surface area contributed by atoms with E-state index in [-0.39, 0.29) is 5.95 Å². The number of methoxy groups -OCH3 is 1. The fourth-order valence-corrected chi connectivity index (χ4v) is 1.21. The topological polar surface area (TPSA) is 62.2 Å². The van der Waals surface area contributed by atoms with E-state index in [4.69, 9.17) is 14.6 Å². The van der Waals surface area contributed by atoms with Gasteiger partial charge in [0.1, 0.15) is 17.6 Å². The number of aliphatic hydroxyl groups is 1. The summed E-state index contributed by atoms with van der Waals surface area (Å²) in [4.78, 5) is 0. The van der Waals surface area contributed by atoms with E-state index in [1.54, 1.807) is 18.2 Å². The van der Waals surface area contributed by atoms with Gasteiger partial charge in [0.15, 0.2) is 5.75 Å². The van der Waals surface area contributed by atoms with Crippen LogP contribution in [0.2, 0.25) is 0 Å². The van der Waals surface area contributed by atoms with E-state index in [1.807, 2.05) is 0 Å². The van der Waals surface area contributed by atoms with Crippen molar-refractivity contribution >= 4 is 5.69 Å². The standard InChI is InChI=1S/C9H9NO4/c1-13-6-2-3-7-8(4-6)14-9(11)5-10(7)12/h2-5,11-12H,1H3. The molecule has 2 rings (SSSR count). The molecule has 0 aromatic heterocycles. The van der Waals surface area contributed by atoms with Crippen LogP contribution in [-0.4, -0.2) is 17.4 Å². The highest BCUT2D eigenvalue weighted by molar-refractivity contribution is 5.62. The number of hydrogen-bond acceptors (Lipinski definition) is 5. The Morgan fingerprint density at radius 2 is 2.21 bits per heavy atom. The monoisotopic (exact) mass is 195 g/mol. The van der Waals surface area contributed by atoms with Crippen LogP contribution in [-0.2, 0) is 0 Å². The van der Waals surface area contributed by atoms with E-state index in [1.165, 1.54) is 7.11 Å². The Hall–Kier alpha value is -1.88. The molecule has 0 atom stereocenters. The molecule has 0 unspecified atom stereocenters. The van der Waals surface area contributed by atoms with Crippen LogP contribution in [0.1, 0.15) is 0 Å². The molecule has 0 amide bonds. The molecule has 1 heterocycles. The van der Waals surface area contributed by atoms with E-state index in [0.29, 0.717) is 17.2 Å². The van der Waals surface area contributed by atoms with Crippen molar-refractivity contribution in [3.8, 4) is 11.5 Å². The maximum atomic E-state index is 9.37. The Morgan fingerprint density at radius 1 is 1.43 bits per heavy atom. The third-order valence-electron chi connectivity index (χ3n) is 1.86. The van der Waals surface area contributed by atoms with Crippen molar-refractivity contribution in [1.29, 1.82) is 0 Å². The van der Waals surface area contributed by atoms with Crippen LogP contribution < -0.4 is 14.5 Å². The average Bonchev–Trinajstić information content (AvgIpc) is 2.16. The van der Waals surface area contributed by atoms with Crippen LogP contribution in [0.5, 0.6) is 11.5 Å². The number of fused-ring (bicyclic) bond motifs is 1. The fraction of sp³-hybridized carbons (Fsp3) is 0.111. The van der Waals surface area contributed by atoms with Gasteiger partial charge in [0, 0.05) is 6.07 Å². The minimum Gasteiger partial charge on any atom is -0.497 e. The summed E-state index contributed by atoms with van der Waals surface area (Å²) in [7, 11) is 1.52. The Morgan fingerprint density at radius 3 is 2.93 bits per heavy atom. The molecular formula is C9H9NO4. The first-order valence-corrected chi connectivity index (χ1v) is 3.95. The van der Waals surface area contributed by atoms with Gasteiger partial charge in [-0.2, -0.15) is 0 Å². The van der Waals surface area contributed by atoms with Crippen LogP contribution >= 0.6 is 0 Å². The smallest absolute Gasteiger partial charge is 0.302 e. The number of rotatable bonds is 1. The second kappa shape index (κ2) is 3.12. The molecule has 74 valence electrons. The van der Waals surface area contributed by atoms with Gasteiger partial charge >= 0.3 is 5.95 Å². The molecule has 1 aromatic rings. The number of hydroxylamine groups is 1. The van der Waals surface area contributed by atoms with E-state index >= 15 is 0 Å². The molecule has 0 saturated heterocycles. The average molecular weight is 195 g/mol. The largest absolute Gasteiger partial charge is 0.497 e. The Kier molecular flexibility index (Phi) is 1.94. The predicted octanol–water partition coefficient (Wildman–Crippen LogP) is 1.64. The zero-order chi connectivity index (χ0) is 10.1. The minimum atomic E-state index is -0.367. The number of benzene rings is 1. The van der Waals surface area contributed by atoms with Gasteiger partial charge in [-0.15, -0.1) is 0 Å². The van der Waals surface area contributed by atoms with E-state index in [2.05, 4.69) is 0 Å². The maximum absolute atomic E-state index is 9.37. The van der Waals surface area contributed by atoms with Gasteiger partial charge in [0.25, 0.3) is 0 Å². The summed E-state index contributed by atoms with van der Waals surface area (Å²) >= 11 is 0. The van der Waals surface area contributed by atoms with Crippen LogP contribution in [0, 0.1) is 0 Å². The number of ether oxygens (including phenoxy) is 2. The van der Waals surface area contributed by atoms with Crippen LogP contribution in [0.3, 0.4) is 0 Å². The van der Waals surface area contributed by atoms with Gasteiger partial charge < -0.3 is 14.6 Å². The van der Waals surface area contributed by atoms with Crippen molar-refractivity contribution < 1.29 is 19.8 Å². The first-order chi connectivity index (χ1) is 6.70. The zero-order valence-corrected chi connectivity index (χ0v) is 7.47. The summed E-state index contributed by atoms with van der Waals surface area (Å²) in [6.07, 6.45) is 1.06. The molecule has 0 saturated carbocycles. The van der Waals surface area contributed by atoms with Crippen molar-refractivity contribution in [2.24, 2.45) is 0 Å². The fourth-order valence-electron chi connectivity index (χ4n) is 1.21. The van der Waals surface area contributed by atoms with Gasteiger partial charge in [-0.05, 0) is 12.1 Å². The maximum Gasteiger partial charge on any atom is 0.302 e. The minimum absolute atomic E-state index is 0.340. The van der Waals surface area contributed by atoms with Gasteiger partial charge in [0.2, 0.25) is 0 Å². The lowest BCUT2D eigenvalue weighted by atomic mass is 10.2. The highest BCUT2D eigenvalue weighted by Gasteiger charge is 2.17. The number of aliphatic hydroxyl groups excluding tert-OH is 1. The third kappa shape index (κ3) is 1.33. The summed E-state index contributed by atoms with van der Waals surface area (Å²) in [5.41, 5.74) is 0.448. The molecule has 5 heteroatoms. The molecule has 1 aliphatic rings. The molecule has 0 bridgehead atoms. The Balaban J connectivity index is 2.44. The lowest BCUT2D eigenvalue weighted by Gasteiger charge is -2.21. The number of hydrogen-bond donors (Lipinski definition) is 2. The van der Waals surface area contributed by atoms with Crippen molar-refractivity contribution in [3.63, 3.8) is 0 Å². The van der Waals surface area contributed by atoms with Crippen molar-refractivity contribution in [2.75, 3.05) is 12.2 Å². The highest BCUT2D eigenvalue weighted by Crippen LogP contribution is 2.35. The Labute approximate surface area is 80.4 Å². The van der Waals surface area contributed by atoms with E-state index < -0.39 is 0 Å². The quantitative estimate of drug-likeness (QED) is 0.713. The van der Waals surface area contributed by atoms with E-state index in [0.717, 1.165) is 11.3 Å². The summed E-state index contributed by atoms with van der Waals surface area (Å²) in [6, 6.07) is 4.88. The first kappa shape index (κ1) is 8.71. The molecule has 0 aliphatic carbocycles. The summed E-state index contributed by atoms with van der Waals surface area (Å²) in [5.74, 6) is 0.562. The zero-order valence-electron chi connectivity index (χ0n) is 7.47. The molecule has 1 aromatic carbocycles. The molecule has 5 nitrogen and oxygen atoms in total. The van der Waals surface area contributed by atoms with Gasteiger partial charge in [0.05, 0.1) is 7.11 Å². The summed E-state index contributed by atoms with van der Waals surface area (Å²) in [5, 5.41) is 19.2. The molecule has 0 fully saturated rings. The summed E-state index contributed by atoms with van der Waals surface area (Å²) < 4.78 is 9.95. The van der Waals surface area contributed by atoms with Crippen LogP contribution in [0.15, 0.2) is 30.3 Å². The Bertz CT molecular complexity index is 388. The highest BCUT2D eigenvalue weighted by atomic mass is 16.6. The molecule has 0 spiro atoms. The van der Waals surface area contributed by atoms with Crippen LogP contribution in [0.4, 0.5) is 5.69 Å². The molecular weight excluding hydrogens is 186 g/mol. The van der Waals surface area contributed by atoms with Gasteiger partial charge in [-0.25, -0.2) is 5.06 Å². The van der Waals surface area contributed by atoms with Crippen molar-refractivity contribution in [2.45, 2.75) is 0 Å². The number of nitrogens with zero attached hydrogens (tertiary/aromatic N) is 1. The van der Waals surface area contributed by atoms with Crippen LogP contribution in [0.25, 0.3) is 0 Å².